The number of hydrogen-bond acceptors (Lipinski definition) is 3. The molecule has 0 amide bonds. The molecule has 0 heterocycles. The van der Waals surface area contributed by atoms with Crippen LogP contribution >= 0.6 is 11.6 Å². The molecule has 7 heteroatoms. The van der Waals surface area contributed by atoms with E-state index in [4.69, 9.17) is 16.7 Å². The fourth-order valence-electron chi connectivity index (χ4n) is 2.15. The van der Waals surface area contributed by atoms with Gasteiger partial charge in [-0.25, -0.2) is 17.9 Å². The highest BCUT2D eigenvalue weighted by atomic mass is 35.5. The molecular formula is C13H16ClNO4S. The van der Waals surface area contributed by atoms with E-state index < -0.39 is 16.0 Å². The molecule has 20 heavy (non-hydrogen) atoms. The lowest BCUT2D eigenvalue weighted by Crippen LogP contribution is -2.39. The highest BCUT2D eigenvalue weighted by molar-refractivity contribution is 7.89. The highest BCUT2D eigenvalue weighted by Gasteiger charge is 2.33. The van der Waals surface area contributed by atoms with Gasteiger partial charge >= 0.3 is 5.97 Å². The quantitative estimate of drug-likeness (QED) is 0.874. The van der Waals surface area contributed by atoms with Crippen LogP contribution < -0.4 is 4.72 Å². The van der Waals surface area contributed by atoms with Crippen LogP contribution in [0.3, 0.4) is 0 Å². The topological polar surface area (TPSA) is 83.5 Å². The van der Waals surface area contributed by atoms with Crippen molar-refractivity contribution in [3.63, 3.8) is 0 Å². The minimum Gasteiger partial charge on any atom is -0.478 e. The van der Waals surface area contributed by atoms with Gasteiger partial charge in [-0.1, -0.05) is 24.9 Å². The van der Waals surface area contributed by atoms with Crippen LogP contribution in [0.25, 0.3) is 0 Å². The Labute approximate surface area is 123 Å². The first-order valence-electron chi connectivity index (χ1n) is 6.26. The Balaban J connectivity index is 2.17. The molecule has 0 bridgehead atoms. The van der Waals surface area contributed by atoms with Gasteiger partial charge in [-0.3, -0.25) is 0 Å². The van der Waals surface area contributed by atoms with Crippen molar-refractivity contribution in [1.82, 2.24) is 4.72 Å². The first-order valence-corrected chi connectivity index (χ1v) is 8.12. The van der Waals surface area contributed by atoms with Crippen molar-refractivity contribution < 1.29 is 18.3 Å². The molecule has 0 radical (unpaired) electrons. The molecule has 110 valence electrons. The van der Waals surface area contributed by atoms with Gasteiger partial charge in [0.1, 0.15) is 0 Å². The van der Waals surface area contributed by atoms with Crippen LogP contribution in [-0.2, 0) is 10.0 Å². The maximum absolute atomic E-state index is 12.1. The lowest BCUT2D eigenvalue weighted by Gasteiger charge is -2.38. The summed E-state index contributed by atoms with van der Waals surface area (Å²) in [6.07, 6.45) is 3.14. The van der Waals surface area contributed by atoms with E-state index in [1.54, 1.807) is 0 Å². The van der Waals surface area contributed by atoms with Crippen LogP contribution in [0, 0.1) is 5.41 Å². The van der Waals surface area contributed by atoms with Crippen LogP contribution in [0.15, 0.2) is 23.1 Å². The summed E-state index contributed by atoms with van der Waals surface area (Å²) in [6.45, 7) is 2.42. The molecule has 0 aromatic heterocycles. The largest absolute Gasteiger partial charge is 0.478 e. The van der Waals surface area contributed by atoms with Gasteiger partial charge in [-0.15, -0.1) is 0 Å². The first kappa shape index (κ1) is 15.3. The van der Waals surface area contributed by atoms with E-state index in [-0.39, 0.29) is 20.9 Å². The van der Waals surface area contributed by atoms with Crippen molar-refractivity contribution in [2.45, 2.75) is 31.1 Å². The second-order valence-corrected chi connectivity index (χ2v) is 7.61. The molecule has 0 spiro atoms. The summed E-state index contributed by atoms with van der Waals surface area (Å²) >= 11 is 5.79. The van der Waals surface area contributed by atoms with E-state index in [9.17, 15) is 13.2 Å². The molecule has 5 nitrogen and oxygen atoms in total. The van der Waals surface area contributed by atoms with E-state index in [0.29, 0.717) is 6.54 Å². The Morgan fingerprint density at radius 1 is 1.45 bits per heavy atom. The summed E-state index contributed by atoms with van der Waals surface area (Å²) in [6, 6.07) is 3.61. The number of carboxylic acid groups (broad SMARTS) is 1. The highest BCUT2D eigenvalue weighted by Crippen LogP contribution is 2.39. The normalized spacial score (nSPS) is 17.5. The molecule has 2 rings (SSSR count). The van der Waals surface area contributed by atoms with Crippen LogP contribution in [0.2, 0.25) is 5.02 Å². The zero-order valence-electron chi connectivity index (χ0n) is 11.0. The van der Waals surface area contributed by atoms with Gasteiger partial charge < -0.3 is 5.11 Å². The molecule has 2 N–H and O–H groups in total. The number of nitrogens with one attached hydrogen (secondary N) is 1. The Morgan fingerprint density at radius 3 is 2.55 bits per heavy atom. The number of sulfonamides is 1. The van der Waals surface area contributed by atoms with Crippen molar-refractivity contribution in [1.29, 1.82) is 0 Å². The average molecular weight is 318 g/mol. The van der Waals surface area contributed by atoms with Crippen molar-refractivity contribution in [3.8, 4) is 0 Å². The fraction of sp³-hybridized carbons (Fsp3) is 0.462. The van der Waals surface area contributed by atoms with Gasteiger partial charge in [-0.2, -0.15) is 0 Å². The summed E-state index contributed by atoms with van der Waals surface area (Å²) in [5.41, 5.74) is -0.0886. The molecule has 1 aromatic rings. The summed E-state index contributed by atoms with van der Waals surface area (Å²) in [4.78, 5) is 10.8. The van der Waals surface area contributed by atoms with E-state index >= 15 is 0 Å². The summed E-state index contributed by atoms with van der Waals surface area (Å²) in [7, 11) is -3.66. The summed E-state index contributed by atoms with van der Waals surface area (Å²) < 4.78 is 26.8. The Kier molecular flexibility index (Phi) is 4.09. The Morgan fingerprint density at radius 2 is 2.10 bits per heavy atom. The minimum absolute atomic E-state index is 0.0181. The number of hydrogen-bond donors (Lipinski definition) is 2. The number of carbonyl (C=O) groups is 1. The van der Waals surface area contributed by atoms with Gasteiger partial charge in [0, 0.05) is 6.54 Å². The molecule has 0 saturated heterocycles. The smallest absolute Gasteiger partial charge is 0.337 e. The third kappa shape index (κ3) is 3.13. The monoisotopic (exact) mass is 317 g/mol. The van der Waals surface area contributed by atoms with Crippen molar-refractivity contribution in [3.05, 3.63) is 28.8 Å². The van der Waals surface area contributed by atoms with Crippen LogP contribution in [0.4, 0.5) is 0 Å². The second-order valence-electron chi connectivity index (χ2n) is 5.44. The lowest BCUT2D eigenvalue weighted by atomic mass is 9.71. The van der Waals surface area contributed by atoms with Crippen molar-refractivity contribution in [2.75, 3.05) is 6.54 Å². The summed E-state index contributed by atoms with van der Waals surface area (Å²) in [5, 5.41) is 8.77. The molecule has 1 aliphatic rings. The predicted octanol–water partition coefficient (Wildman–Crippen LogP) is 2.51. The van der Waals surface area contributed by atoms with E-state index in [0.717, 1.165) is 25.3 Å². The minimum atomic E-state index is -3.66. The number of aromatic carboxylic acids is 1. The number of halogens is 1. The van der Waals surface area contributed by atoms with Crippen LogP contribution in [-0.4, -0.2) is 26.0 Å². The van der Waals surface area contributed by atoms with Gasteiger partial charge in [0.15, 0.2) is 0 Å². The number of benzene rings is 1. The second kappa shape index (κ2) is 5.35. The standard InChI is InChI=1S/C13H16ClNO4S/c1-13(5-2-6-13)8-15-20(18,19)9-3-4-10(12(16)17)11(14)7-9/h3-4,7,15H,2,5-6,8H2,1H3,(H,16,17). The molecule has 1 fully saturated rings. The molecule has 1 aliphatic carbocycles. The van der Waals surface area contributed by atoms with Gasteiger partial charge in [-0.05, 0) is 36.5 Å². The van der Waals surface area contributed by atoms with Crippen molar-refractivity contribution in [2.24, 2.45) is 5.41 Å². The lowest BCUT2D eigenvalue weighted by molar-refractivity contribution is 0.0697. The van der Waals surface area contributed by atoms with Gasteiger partial charge in [0.05, 0.1) is 15.5 Å². The van der Waals surface area contributed by atoms with Crippen LogP contribution in [0.5, 0.6) is 0 Å². The van der Waals surface area contributed by atoms with E-state index in [1.807, 2.05) is 6.92 Å². The van der Waals surface area contributed by atoms with Crippen molar-refractivity contribution >= 4 is 27.6 Å². The van der Waals surface area contributed by atoms with Crippen LogP contribution in [0.1, 0.15) is 36.5 Å². The van der Waals surface area contributed by atoms with E-state index in [1.165, 1.54) is 12.1 Å². The van der Waals surface area contributed by atoms with Gasteiger partial charge in [0.25, 0.3) is 0 Å². The Bertz CT molecular complexity index is 638. The maximum atomic E-state index is 12.1. The predicted molar refractivity (Wildman–Crippen MR) is 75.6 cm³/mol. The molecule has 0 aliphatic heterocycles. The SMILES string of the molecule is CC1(CNS(=O)(=O)c2ccc(C(=O)O)c(Cl)c2)CCC1. The molecule has 0 atom stereocenters. The first-order chi connectivity index (χ1) is 9.23. The Hall–Kier alpha value is -1.11. The fourth-order valence-corrected chi connectivity index (χ4v) is 3.70. The number of rotatable bonds is 5. The molecular weight excluding hydrogens is 302 g/mol. The van der Waals surface area contributed by atoms with Gasteiger partial charge in [0.2, 0.25) is 10.0 Å². The average Bonchev–Trinajstić information content (AvgIpc) is 2.33. The third-order valence-corrected chi connectivity index (χ3v) is 5.44. The molecule has 1 saturated carbocycles. The summed E-state index contributed by atoms with van der Waals surface area (Å²) in [5.74, 6) is -1.19. The third-order valence-electron chi connectivity index (χ3n) is 3.73. The number of carboxylic acids is 1. The molecule has 1 aromatic carbocycles. The maximum Gasteiger partial charge on any atom is 0.337 e. The van der Waals surface area contributed by atoms with E-state index in [2.05, 4.69) is 4.72 Å². The zero-order chi connectivity index (χ0) is 15.0. The molecule has 0 unspecified atom stereocenters. The zero-order valence-corrected chi connectivity index (χ0v) is 12.6.